The molecule has 0 aromatic heterocycles. The van der Waals surface area contributed by atoms with E-state index in [0.717, 1.165) is 30.5 Å². The minimum atomic E-state index is -0.558. The molecule has 4 heteroatoms. The minimum Gasteiger partial charge on any atom is -0.298 e. The molecule has 0 bridgehead atoms. The third-order valence-electron chi connectivity index (χ3n) is 8.60. The van der Waals surface area contributed by atoms with Gasteiger partial charge in [0.1, 0.15) is 0 Å². The van der Waals surface area contributed by atoms with E-state index in [-0.39, 0.29) is 27.8 Å². The van der Waals surface area contributed by atoms with Gasteiger partial charge < -0.3 is 0 Å². The summed E-state index contributed by atoms with van der Waals surface area (Å²) in [4.78, 5) is 37.0. The predicted octanol–water partition coefficient (Wildman–Crippen LogP) is 4.98. The van der Waals surface area contributed by atoms with E-state index >= 15 is 0 Å². The summed E-state index contributed by atoms with van der Waals surface area (Å²) in [6.07, 6.45) is 11.8. The highest BCUT2D eigenvalue weighted by molar-refractivity contribution is 8.14. The first-order valence-electron chi connectivity index (χ1n) is 10.7. The van der Waals surface area contributed by atoms with Crippen molar-refractivity contribution >= 4 is 28.4 Å². The summed E-state index contributed by atoms with van der Waals surface area (Å²) in [6.45, 7) is 6.14. The Morgan fingerprint density at radius 3 is 2.63 bits per heavy atom. The van der Waals surface area contributed by atoms with Crippen LogP contribution in [0, 0.1) is 34.5 Å². The molecule has 3 nitrogen and oxygen atoms in total. The largest absolute Gasteiger partial charge is 0.298 e. The number of rotatable bonds is 3. The first-order valence-corrected chi connectivity index (χ1v) is 11.7. The molecule has 6 atom stereocenters. The van der Waals surface area contributed by atoms with Gasteiger partial charge in [0.2, 0.25) is 0 Å². The van der Waals surface area contributed by atoms with Gasteiger partial charge in [0.05, 0.1) is 11.7 Å². The third kappa shape index (κ3) is 2.97. The van der Waals surface area contributed by atoms with Gasteiger partial charge in [-0.1, -0.05) is 44.0 Å². The molecular formula is C23H32O3S. The van der Waals surface area contributed by atoms with Crippen molar-refractivity contribution in [2.75, 3.05) is 5.75 Å². The van der Waals surface area contributed by atoms with Crippen LogP contribution in [0.15, 0.2) is 11.6 Å². The van der Waals surface area contributed by atoms with Crippen LogP contribution >= 0.6 is 11.8 Å². The number of carbonyl (C=O) groups excluding carboxylic acids is 3. The Bertz CT molecular complexity index is 710. The monoisotopic (exact) mass is 388 g/mol. The molecule has 0 aromatic carbocycles. The van der Waals surface area contributed by atoms with E-state index in [2.05, 4.69) is 13.8 Å². The Morgan fingerprint density at radius 1 is 1.11 bits per heavy atom. The molecule has 148 valence electrons. The Balaban J connectivity index is 1.60. The van der Waals surface area contributed by atoms with Gasteiger partial charge in [0.15, 0.2) is 16.7 Å². The van der Waals surface area contributed by atoms with Crippen molar-refractivity contribution in [3.8, 4) is 0 Å². The Hall–Kier alpha value is -0.900. The Morgan fingerprint density at radius 2 is 1.89 bits per heavy atom. The number of Topliss-reactive ketones (excluding diaryl/α,β-unsaturated/α-hetero) is 1. The van der Waals surface area contributed by atoms with E-state index in [4.69, 9.17) is 0 Å². The van der Waals surface area contributed by atoms with Crippen LogP contribution in [0.4, 0.5) is 0 Å². The third-order valence-corrected chi connectivity index (χ3v) is 9.44. The molecule has 4 rings (SSSR count). The van der Waals surface area contributed by atoms with Crippen molar-refractivity contribution in [1.82, 2.24) is 0 Å². The highest BCUT2D eigenvalue weighted by Gasteiger charge is 2.59. The number of ketones is 2. The summed E-state index contributed by atoms with van der Waals surface area (Å²) >= 11 is 1.04. The molecule has 0 spiro atoms. The van der Waals surface area contributed by atoms with Crippen LogP contribution in [0.5, 0.6) is 0 Å². The Kier molecular flexibility index (Phi) is 4.93. The normalized spacial score (nSPS) is 43.4. The van der Waals surface area contributed by atoms with Crippen LogP contribution in [0.1, 0.15) is 72.1 Å². The van der Waals surface area contributed by atoms with Gasteiger partial charge in [0, 0.05) is 12.3 Å². The van der Waals surface area contributed by atoms with E-state index in [1.165, 1.54) is 51.0 Å². The molecule has 0 saturated heterocycles. The van der Waals surface area contributed by atoms with Gasteiger partial charge in [-0.05, 0) is 67.8 Å². The first kappa shape index (κ1) is 19.4. The molecule has 0 N–H and O–H groups in total. The van der Waals surface area contributed by atoms with E-state index in [1.807, 2.05) is 6.08 Å². The molecule has 0 amide bonds. The summed E-state index contributed by atoms with van der Waals surface area (Å²) in [7, 11) is 0. The molecule has 27 heavy (non-hydrogen) atoms. The zero-order valence-electron chi connectivity index (χ0n) is 16.9. The van der Waals surface area contributed by atoms with Crippen LogP contribution < -0.4 is 0 Å². The maximum atomic E-state index is 12.9. The maximum Gasteiger partial charge on any atom is 0.186 e. The van der Waals surface area contributed by atoms with Crippen molar-refractivity contribution in [2.24, 2.45) is 34.5 Å². The molecule has 0 heterocycles. The molecule has 0 aliphatic heterocycles. The van der Waals surface area contributed by atoms with E-state index < -0.39 is 5.92 Å². The van der Waals surface area contributed by atoms with Crippen molar-refractivity contribution < 1.29 is 14.4 Å². The maximum absolute atomic E-state index is 12.9. The molecule has 3 fully saturated rings. The Labute approximate surface area is 167 Å². The van der Waals surface area contributed by atoms with Gasteiger partial charge in [0.25, 0.3) is 0 Å². The zero-order valence-corrected chi connectivity index (χ0v) is 17.7. The number of allylic oxidation sites excluding steroid dienone is 2. The van der Waals surface area contributed by atoms with Crippen molar-refractivity contribution in [3.05, 3.63) is 11.6 Å². The topological polar surface area (TPSA) is 51.2 Å². The van der Waals surface area contributed by atoms with Crippen LogP contribution in [-0.2, 0) is 14.4 Å². The van der Waals surface area contributed by atoms with Gasteiger partial charge in [-0.15, -0.1) is 0 Å². The highest BCUT2D eigenvalue weighted by Crippen LogP contribution is 2.65. The second kappa shape index (κ2) is 6.86. The molecule has 0 radical (unpaired) electrons. The summed E-state index contributed by atoms with van der Waals surface area (Å²) in [5, 5.41) is -0.0561. The predicted molar refractivity (Wildman–Crippen MR) is 108 cm³/mol. The van der Waals surface area contributed by atoms with Gasteiger partial charge in [-0.3, -0.25) is 14.4 Å². The molecule has 1 unspecified atom stereocenters. The van der Waals surface area contributed by atoms with Gasteiger partial charge >= 0.3 is 0 Å². The second-order valence-corrected chi connectivity index (χ2v) is 11.0. The fourth-order valence-corrected chi connectivity index (χ4v) is 7.78. The lowest BCUT2D eigenvalue weighted by molar-refractivity contribution is -0.133. The SMILES string of the molecule is CC(=O)SCC(=O)[C@H]1C(=O)C=C2[C@@H]3CCC4CCCC[C@]4(C)[C@H]3CC[C@@]21C. The fraction of sp³-hybridized carbons (Fsp3) is 0.783. The molecule has 0 aromatic rings. The number of fused-ring (bicyclic) bond motifs is 5. The smallest absolute Gasteiger partial charge is 0.186 e. The number of hydrogen-bond donors (Lipinski definition) is 0. The number of carbonyl (C=O) groups is 3. The van der Waals surface area contributed by atoms with Crippen LogP contribution in [-0.4, -0.2) is 22.4 Å². The van der Waals surface area contributed by atoms with Crippen LogP contribution in [0.25, 0.3) is 0 Å². The van der Waals surface area contributed by atoms with Gasteiger partial charge in [-0.25, -0.2) is 0 Å². The average Bonchev–Trinajstić information content (AvgIpc) is 2.89. The molecule has 3 saturated carbocycles. The molecule has 4 aliphatic carbocycles. The first-order chi connectivity index (χ1) is 12.8. The molecular weight excluding hydrogens is 356 g/mol. The lowest BCUT2D eigenvalue weighted by atomic mass is 9.46. The van der Waals surface area contributed by atoms with E-state index in [0.29, 0.717) is 17.3 Å². The lowest BCUT2D eigenvalue weighted by Crippen LogP contribution is -2.51. The van der Waals surface area contributed by atoms with E-state index in [1.54, 1.807) is 0 Å². The zero-order chi connectivity index (χ0) is 19.4. The summed E-state index contributed by atoms with van der Waals surface area (Å²) in [6, 6.07) is 0. The summed E-state index contributed by atoms with van der Waals surface area (Å²) in [5.74, 6) is 1.52. The minimum absolute atomic E-state index is 0.00165. The number of thioether (sulfide) groups is 1. The number of hydrogen-bond acceptors (Lipinski definition) is 4. The lowest BCUT2D eigenvalue weighted by Gasteiger charge is -2.58. The average molecular weight is 389 g/mol. The highest BCUT2D eigenvalue weighted by atomic mass is 32.2. The van der Waals surface area contributed by atoms with Crippen LogP contribution in [0.3, 0.4) is 0 Å². The summed E-state index contributed by atoms with van der Waals surface area (Å²) < 4.78 is 0. The van der Waals surface area contributed by atoms with Crippen LogP contribution in [0.2, 0.25) is 0 Å². The van der Waals surface area contributed by atoms with E-state index in [9.17, 15) is 14.4 Å². The quantitative estimate of drug-likeness (QED) is 0.640. The molecule has 4 aliphatic rings. The van der Waals surface area contributed by atoms with Crippen molar-refractivity contribution in [2.45, 2.75) is 72.1 Å². The summed E-state index contributed by atoms with van der Waals surface area (Å²) in [5.41, 5.74) is 1.38. The fourth-order valence-electron chi connectivity index (χ4n) is 7.26. The van der Waals surface area contributed by atoms with Crippen molar-refractivity contribution in [1.29, 1.82) is 0 Å². The van der Waals surface area contributed by atoms with Gasteiger partial charge in [-0.2, -0.15) is 0 Å². The standard InChI is InChI=1S/C23H32O3S/c1-14(24)27-13-20(26)21-19(25)12-18-16-8-7-15-6-4-5-10-22(15,2)17(16)9-11-23(18,21)3/h12,15-17,21H,4-11,13H2,1-3H3/t15?,16-,17+,21-,22+,23+/m1/s1. The van der Waals surface area contributed by atoms with Crippen molar-refractivity contribution in [3.63, 3.8) is 0 Å². The second-order valence-electron chi connectivity index (χ2n) is 9.88.